The zero-order chi connectivity index (χ0) is 10.6. The number of amides is 2. The summed E-state index contributed by atoms with van der Waals surface area (Å²) in [7, 11) is 3.48. The van der Waals surface area contributed by atoms with Crippen molar-refractivity contribution in [3.05, 3.63) is 12.3 Å². The van der Waals surface area contributed by atoms with Crippen LogP contribution in [0.25, 0.3) is 0 Å². The van der Waals surface area contributed by atoms with Crippen LogP contribution in [0.3, 0.4) is 0 Å². The fraction of sp³-hybridized carbons (Fsp3) is 0.500. The van der Waals surface area contributed by atoms with Crippen molar-refractivity contribution >= 4 is 11.8 Å². The number of carbonyl (C=O) groups is 1. The molecule has 0 aromatic carbocycles. The van der Waals surface area contributed by atoms with Crippen molar-refractivity contribution in [1.82, 2.24) is 14.7 Å². The van der Waals surface area contributed by atoms with Gasteiger partial charge in [0.05, 0.1) is 0 Å². The second kappa shape index (κ2) is 4.61. The predicted molar refractivity (Wildman–Crippen MR) is 53.9 cm³/mol. The summed E-state index contributed by atoms with van der Waals surface area (Å²) >= 11 is 0. The van der Waals surface area contributed by atoms with Gasteiger partial charge in [-0.3, -0.25) is 10.00 Å². The number of nitrogens with one attached hydrogen (secondary N) is 1. The molecule has 78 valence electrons. The third-order valence-corrected chi connectivity index (χ3v) is 1.76. The maximum absolute atomic E-state index is 11.4. The van der Waals surface area contributed by atoms with Crippen LogP contribution in [0, 0.1) is 0 Å². The molecule has 14 heavy (non-hydrogen) atoms. The lowest BCUT2D eigenvalue weighted by Crippen LogP contribution is -2.35. The van der Waals surface area contributed by atoms with E-state index in [0.29, 0.717) is 18.9 Å². The first kappa shape index (κ1) is 10.5. The molecule has 0 aliphatic rings. The van der Waals surface area contributed by atoms with Crippen molar-refractivity contribution in [3.63, 3.8) is 0 Å². The summed E-state index contributed by atoms with van der Waals surface area (Å²) in [5.41, 5.74) is 5.32. The number of hydrogen-bond acceptors (Lipinski definition) is 3. The van der Waals surface area contributed by atoms with Crippen LogP contribution in [-0.4, -0.2) is 40.8 Å². The molecule has 1 aromatic rings. The molecule has 2 amide bonds. The van der Waals surface area contributed by atoms with E-state index in [9.17, 15) is 4.79 Å². The van der Waals surface area contributed by atoms with Gasteiger partial charge in [-0.15, -0.1) is 0 Å². The number of aromatic nitrogens is 2. The molecule has 0 atom stereocenters. The Balaban J connectivity index is 2.48. The molecule has 1 heterocycles. The number of nitrogens with two attached hydrogens (primary N) is 1. The average molecular weight is 197 g/mol. The van der Waals surface area contributed by atoms with E-state index in [1.807, 2.05) is 0 Å². The molecular formula is C8H15N5O. The van der Waals surface area contributed by atoms with Gasteiger partial charge in [0.25, 0.3) is 0 Å². The molecule has 6 nitrogen and oxygen atoms in total. The van der Waals surface area contributed by atoms with Crippen LogP contribution in [-0.2, 0) is 7.05 Å². The monoisotopic (exact) mass is 197 g/mol. The Hall–Kier alpha value is -1.56. The molecule has 0 saturated carbocycles. The average Bonchev–Trinajstić information content (AvgIpc) is 2.51. The number of likely N-dealkylation sites (N-methyl/N-ethyl adjacent to an activating group) is 1. The van der Waals surface area contributed by atoms with E-state index in [1.54, 1.807) is 31.0 Å². The summed E-state index contributed by atoms with van der Waals surface area (Å²) in [5, 5.41) is 6.67. The molecule has 0 spiro atoms. The zero-order valence-electron chi connectivity index (χ0n) is 8.40. The van der Waals surface area contributed by atoms with Crippen molar-refractivity contribution in [1.29, 1.82) is 0 Å². The number of hydrogen-bond donors (Lipinski definition) is 2. The van der Waals surface area contributed by atoms with Crippen molar-refractivity contribution < 1.29 is 4.79 Å². The van der Waals surface area contributed by atoms with Gasteiger partial charge in [0.1, 0.15) is 0 Å². The molecular weight excluding hydrogens is 182 g/mol. The van der Waals surface area contributed by atoms with Crippen LogP contribution in [0.2, 0.25) is 0 Å². The number of carbonyl (C=O) groups excluding carboxylic acids is 1. The third-order valence-electron chi connectivity index (χ3n) is 1.76. The molecule has 0 radical (unpaired) electrons. The van der Waals surface area contributed by atoms with Crippen LogP contribution in [0.15, 0.2) is 12.3 Å². The van der Waals surface area contributed by atoms with Crippen LogP contribution in [0.1, 0.15) is 0 Å². The van der Waals surface area contributed by atoms with Gasteiger partial charge in [-0.1, -0.05) is 0 Å². The summed E-state index contributed by atoms with van der Waals surface area (Å²) in [6, 6.07) is 1.53. The van der Waals surface area contributed by atoms with Crippen LogP contribution >= 0.6 is 0 Å². The van der Waals surface area contributed by atoms with E-state index in [0.717, 1.165) is 0 Å². The Labute approximate surface area is 82.7 Å². The summed E-state index contributed by atoms with van der Waals surface area (Å²) in [6.07, 6.45) is 1.76. The summed E-state index contributed by atoms with van der Waals surface area (Å²) in [5.74, 6) is 0.543. The number of rotatable bonds is 3. The molecule has 0 aliphatic carbocycles. The minimum absolute atomic E-state index is 0.200. The topological polar surface area (TPSA) is 76.2 Å². The van der Waals surface area contributed by atoms with Crippen molar-refractivity contribution in [3.8, 4) is 0 Å². The molecule has 0 bridgehead atoms. The van der Waals surface area contributed by atoms with Gasteiger partial charge >= 0.3 is 6.03 Å². The second-order valence-corrected chi connectivity index (χ2v) is 3.02. The van der Waals surface area contributed by atoms with E-state index in [-0.39, 0.29) is 6.03 Å². The van der Waals surface area contributed by atoms with E-state index in [2.05, 4.69) is 10.4 Å². The Morgan fingerprint density at radius 3 is 3.00 bits per heavy atom. The first-order valence-electron chi connectivity index (χ1n) is 4.35. The van der Waals surface area contributed by atoms with Gasteiger partial charge in [-0.25, -0.2) is 4.79 Å². The Morgan fingerprint density at radius 1 is 1.79 bits per heavy atom. The Kier molecular flexibility index (Phi) is 3.47. The molecule has 1 rings (SSSR count). The molecule has 1 aromatic heterocycles. The van der Waals surface area contributed by atoms with Crippen LogP contribution < -0.4 is 11.1 Å². The Bertz CT molecular complexity index is 308. The number of nitrogens with zero attached hydrogens (tertiary/aromatic N) is 3. The van der Waals surface area contributed by atoms with Crippen LogP contribution in [0.4, 0.5) is 10.6 Å². The van der Waals surface area contributed by atoms with Crippen molar-refractivity contribution in [2.75, 3.05) is 25.5 Å². The minimum Gasteiger partial charge on any atom is -0.329 e. The van der Waals surface area contributed by atoms with E-state index < -0.39 is 0 Å². The highest BCUT2D eigenvalue weighted by Crippen LogP contribution is 2.01. The fourth-order valence-corrected chi connectivity index (χ4v) is 0.982. The van der Waals surface area contributed by atoms with Crippen LogP contribution in [0.5, 0.6) is 0 Å². The molecule has 0 saturated heterocycles. The second-order valence-electron chi connectivity index (χ2n) is 3.02. The maximum atomic E-state index is 11.4. The smallest absolute Gasteiger partial charge is 0.322 e. The molecule has 6 heteroatoms. The lowest BCUT2D eigenvalue weighted by Gasteiger charge is -2.15. The predicted octanol–water partition coefficient (Wildman–Crippen LogP) is -0.158. The van der Waals surface area contributed by atoms with Gasteiger partial charge in [0, 0.05) is 39.4 Å². The van der Waals surface area contributed by atoms with Crippen molar-refractivity contribution in [2.45, 2.75) is 0 Å². The van der Waals surface area contributed by atoms with Crippen molar-refractivity contribution in [2.24, 2.45) is 12.8 Å². The number of aryl methyl sites for hydroxylation is 1. The van der Waals surface area contributed by atoms with Gasteiger partial charge in [-0.05, 0) is 0 Å². The van der Waals surface area contributed by atoms with E-state index in [1.165, 1.54) is 4.90 Å². The summed E-state index contributed by atoms with van der Waals surface area (Å²) < 4.78 is 1.62. The molecule has 3 N–H and O–H groups in total. The maximum Gasteiger partial charge on any atom is 0.322 e. The quantitative estimate of drug-likeness (QED) is 0.707. The van der Waals surface area contributed by atoms with Gasteiger partial charge < -0.3 is 10.6 Å². The number of urea groups is 1. The minimum atomic E-state index is -0.200. The van der Waals surface area contributed by atoms with E-state index >= 15 is 0 Å². The fourth-order valence-electron chi connectivity index (χ4n) is 0.982. The normalized spacial score (nSPS) is 9.93. The van der Waals surface area contributed by atoms with Gasteiger partial charge in [0.15, 0.2) is 5.82 Å². The third kappa shape index (κ3) is 2.74. The standard InChI is InChI=1S/C8H15N5O/c1-12(6-4-9)8(14)10-7-3-5-13(2)11-7/h3,5H,4,6,9H2,1-2H3,(H,10,11,14). The highest BCUT2D eigenvalue weighted by molar-refractivity contribution is 5.87. The Morgan fingerprint density at radius 2 is 2.50 bits per heavy atom. The lowest BCUT2D eigenvalue weighted by molar-refractivity contribution is 0.223. The van der Waals surface area contributed by atoms with Gasteiger partial charge in [0.2, 0.25) is 0 Å². The first-order valence-corrected chi connectivity index (χ1v) is 4.35. The van der Waals surface area contributed by atoms with E-state index in [4.69, 9.17) is 5.73 Å². The zero-order valence-corrected chi connectivity index (χ0v) is 8.40. The van der Waals surface area contributed by atoms with Gasteiger partial charge in [-0.2, -0.15) is 5.10 Å². The molecule has 0 aliphatic heterocycles. The molecule has 0 unspecified atom stereocenters. The molecule has 0 fully saturated rings. The lowest BCUT2D eigenvalue weighted by atomic mass is 10.5. The summed E-state index contributed by atoms with van der Waals surface area (Å²) in [6.45, 7) is 0.977. The highest BCUT2D eigenvalue weighted by atomic mass is 16.2. The number of anilines is 1. The largest absolute Gasteiger partial charge is 0.329 e. The first-order chi connectivity index (χ1) is 6.63. The summed E-state index contributed by atoms with van der Waals surface area (Å²) in [4.78, 5) is 12.9. The highest BCUT2D eigenvalue weighted by Gasteiger charge is 2.08. The SMILES string of the molecule is CN(CCN)C(=O)Nc1ccn(C)n1.